The number of nitro benzene ring substituents is 1. The number of carbonyl (C=O) groups excluding carboxylic acids is 2. The van der Waals surface area contributed by atoms with E-state index in [1.807, 2.05) is 19.9 Å². The summed E-state index contributed by atoms with van der Waals surface area (Å²) < 4.78 is 11.4. The van der Waals surface area contributed by atoms with Crippen LogP contribution >= 0.6 is 23.1 Å². The molecule has 2 aliphatic rings. The highest BCUT2D eigenvalue weighted by atomic mass is 32.2. The molecule has 0 aliphatic carbocycles. The van der Waals surface area contributed by atoms with Gasteiger partial charge in [-0.2, -0.15) is 0 Å². The number of carbonyl (C=O) groups is 2. The number of aromatic amines is 1. The number of anilines is 1. The number of benzene rings is 2. The standard InChI is InChI=1S/C25H23N3O7S2/c1-12(2)11-35-16-9-4-13(10-17(16)34-3)18-19-21(36-22-20(18)37-25(31)26-22)24(30)27(23(19)29)14-5-7-15(8-6-14)28(32)33/h4-10,12,18-19,21H,11H2,1-3H3,(H,26,31)/t18-,19?,21?/m1/s1. The first-order valence-corrected chi connectivity index (χ1v) is 13.2. The van der Waals surface area contributed by atoms with Crippen LogP contribution in [0, 0.1) is 22.0 Å². The number of aromatic nitrogens is 1. The SMILES string of the molecule is COc1cc([C@H]2c3sc(=O)[nH]c3SC3C(=O)N(c4ccc([N+](=O)[O-])cc4)C(=O)C32)ccc1OCC(C)C. The Morgan fingerprint density at radius 1 is 1.08 bits per heavy atom. The van der Waals surface area contributed by atoms with Gasteiger partial charge in [0.2, 0.25) is 11.8 Å². The topological polar surface area (TPSA) is 132 Å². The fourth-order valence-electron chi connectivity index (χ4n) is 4.61. The van der Waals surface area contributed by atoms with Gasteiger partial charge in [-0.15, -0.1) is 0 Å². The summed E-state index contributed by atoms with van der Waals surface area (Å²) in [5.74, 6) is -0.844. The van der Waals surface area contributed by atoms with Crippen molar-refractivity contribution in [1.29, 1.82) is 0 Å². The number of methoxy groups -OCH3 is 1. The lowest BCUT2D eigenvalue weighted by Gasteiger charge is -2.30. The zero-order chi connectivity index (χ0) is 26.4. The Hall–Kier alpha value is -3.64. The number of amides is 2. The smallest absolute Gasteiger partial charge is 0.305 e. The van der Waals surface area contributed by atoms with Gasteiger partial charge in [0.15, 0.2) is 11.5 Å². The van der Waals surface area contributed by atoms with Crippen molar-refractivity contribution >= 4 is 46.3 Å². The molecule has 0 saturated carbocycles. The number of hydrogen-bond acceptors (Lipinski definition) is 9. The predicted molar refractivity (Wildman–Crippen MR) is 139 cm³/mol. The van der Waals surface area contributed by atoms with E-state index in [1.54, 1.807) is 12.1 Å². The van der Waals surface area contributed by atoms with Gasteiger partial charge in [-0.25, -0.2) is 4.90 Å². The molecule has 1 N–H and O–H groups in total. The molecule has 0 bridgehead atoms. The van der Waals surface area contributed by atoms with Crippen LogP contribution in [0.1, 0.15) is 30.2 Å². The summed E-state index contributed by atoms with van der Waals surface area (Å²) in [6, 6.07) is 10.7. The molecule has 3 atom stereocenters. The average molecular weight is 542 g/mol. The first-order valence-electron chi connectivity index (χ1n) is 11.5. The van der Waals surface area contributed by atoms with E-state index in [2.05, 4.69) is 4.98 Å². The van der Waals surface area contributed by atoms with Gasteiger partial charge in [0, 0.05) is 22.9 Å². The lowest BCUT2D eigenvalue weighted by atomic mass is 9.83. The molecule has 2 aliphatic heterocycles. The van der Waals surface area contributed by atoms with Gasteiger partial charge in [-0.05, 0) is 35.7 Å². The largest absolute Gasteiger partial charge is 0.493 e. The van der Waals surface area contributed by atoms with Crippen LogP contribution in [0.5, 0.6) is 11.5 Å². The van der Waals surface area contributed by atoms with Crippen LogP contribution in [-0.4, -0.2) is 40.7 Å². The number of thiazole rings is 1. The summed E-state index contributed by atoms with van der Waals surface area (Å²) in [6.45, 7) is 4.58. The lowest BCUT2D eigenvalue weighted by Crippen LogP contribution is -2.32. The van der Waals surface area contributed by atoms with Crippen molar-refractivity contribution in [2.45, 2.75) is 30.0 Å². The van der Waals surface area contributed by atoms with Crippen LogP contribution in [0.15, 0.2) is 52.3 Å². The zero-order valence-corrected chi connectivity index (χ0v) is 21.8. The second-order valence-corrected chi connectivity index (χ2v) is 11.3. The molecule has 5 rings (SSSR count). The van der Waals surface area contributed by atoms with Crippen molar-refractivity contribution in [2.75, 3.05) is 18.6 Å². The molecule has 1 fully saturated rings. The Bertz CT molecular complexity index is 1450. The predicted octanol–water partition coefficient (Wildman–Crippen LogP) is 4.18. The number of nitrogens with zero attached hydrogens (tertiary/aromatic N) is 2. The maximum Gasteiger partial charge on any atom is 0.305 e. The second kappa shape index (κ2) is 9.67. The number of ether oxygens (including phenoxy) is 2. The number of H-pyrrole nitrogens is 1. The minimum Gasteiger partial charge on any atom is -0.493 e. The monoisotopic (exact) mass is 541 g/mol. The molecule has 37 heavy (non-hydrogen) atoms. The zero-order valence-electron chi connectivity index (χ0n) is 20.1. The molecule has 2 unspecified atom stereocenters. The van der Waals surface area contributed by atoms with Crippen molar-refractivity contribution in [3.05, 3.63) is 72.7 Å². The van der Waals surface area contributed by atoms with Crippen LogP contribution in [0.2, 0.25) is 0 Å². The Labute approximate surface area is 219 Å². The maximum absolute atomic E-state index is 13.8. The first kappa shape index (κ1) is 25.0. The number of non-ortho nitro benzene ring substituents is 1. The Kier molecular flexibility index (Phi) is 6.54. The molecule has 3 heterocycles. The van der Waals surface area contributed by atoms with Crippen LogP contribution < -0.4 is 19.2 Å². The average Bonchev–Trinajstić information content (AvgIpc) is 3.36. The number of nitro groups is 1. The summed E-state index contributed by atoms with van der Waals surface area (Å²) >= 11 is 2.19. The van der Waals surface area contributed by atoms with Crippen LogP contribution in [0.25, 0.3) is 0 Å². The van der Waals surface area contributed by atoms with Gasteiger partial charge in [0.05, 0.1) is 35.3 Å². The highest BCUT2D eigenvalue weighted by Crippen LogP contribution is 2.53. The maximum atomic E-state index is 13.8. The second-order valence-electron chi connectivity index (χ2n) is 9.15. The number of thioether (sulfide) groups is 1. The van der Waals surface area contributed by atoms with E-state index in [-0.39, 0.29) is 16.2 Å². The van der Waals surface area contributed by atoms with E-state index < -0.39 is 33.8 Å². The molecule has 3 aromatic rings. The number of rotatable bonds is 7. The Morgan fingerprint density at radius 3 is 2.46 bits per heavy atom. The molecule has 1 aromatic heterocycles. The van der Waals surface area contributed by atoms with Crippen molar-refractivity contribution in [1.82, 2.24) is 4.98 Å². The summed E-state index contributed by atoms with van der Waals surface area (Å²) in [4.78, 5) is 54.4. The van der Waals surface area contributed by atoms with E-state index in [0.29, 0.717) is 39.5 Å². The van der Waals surface area contributed by atoms with E-state index in [1.165, 1.54) is 43.1 Å². The number of imide groups is 1. The molecular weight excluding hydrogens is 518 g/mol. The summed E-state index contributed by atoms with van der Waals surface area (Å²) in [5.41, 5.74) is 0.840. The molecule has 2 aromatic carbocycles. The van der Waals surface area contributed by atoms with Crippen molar-refractivity contribution < 1.29 is 24.0 Å². The first-order chi connectivity index (χ1) is 17.7. The Balaban J connectivity index is 1.57. The summed E-state index contributed by atoms with van der Waals surface area (Å²) in [7, 11) is 1.53. The molecule has 12 heteroatoms. The molecule has 2 amide bonds. The van der Waals surface area contributed by atoms with Gasteiger partial charge in [0.1, 0.15) is 5.25 Å². The van der Waals surface area contributed by atoms with Crippen molar-refractivity contribution in [3.8, 4) is 11.5 Å². The van der Waals surface area contributed by atoms with Gasteiger partial charge in [-0.1, -0.05) is 43.0 Å². The fourth-order valence-corrected chi connectivity index (χ4v) is 7.12. The quantitative estimate of drug-likeness (QED) is 0.268. The number of fused-ring (bicyclic) bond motifs is 2. The van der Waals surface area contributed by atoms with Gasteiger partial charge >= 0.3 is 4.87 Å². The minimum atomic E-state index is -0.779. The molecule has 10 nitrogen and oxygen atoms in total. The van der Waals surface area contributed by atoms with Crippen molar-refractivity contribution in [2.24, 2.45) is 11.8 Å². The highest BCUT2D eigenvalue weighted by molar-refractivity contribution is 8.00. The van der Waals surface area contributed by atoms with Crippen LogP contribution in [-0.2, 0) is 9.59 Å². The third-order valence-corrected chi connectivity index (χ3v) is 8.66. The van der Waals surface area contributed by atoms with E-state index in [4.69, 9.17) is 9.47 Å². The highest BCUT2D eigenvalue weighted by Gasteiger charge is 2.56. The number of hydrogen-bond donors (Lipinski definition) is 1. The third kappa shape index (κ3) is 4.40. The fraction of sp³-hybridized carbons (Fsp3) is 0.320. The number of nitrogens with one attached hydrogen (secondary N) is 1. The Morgan fingerprint density at radius 2 is 1.81 bits per heavy atom. The summed E-state index contributed by atoms with van der Waals surface area (Å²) in [5, 5.41) is 10.8. The van der Waals surface area contributed by atoms with E-state index >= 15 is 0 Å². The van der Waals surface area contributed by atoms with Crippen molar-refractivity contribution in [3.63, 3.8) is 0 Å². The summed E-state index contributed by atoms with van der Waals surface area (Å²) in [6.07, 6.45) is 0. The normalized spacial score (nSPS) is 20.6. The van der Waals surface area contributed by atoms with Crippen LogP contribution in [0.3, 0.4) is 0 Å². The molecular formula is C25H23N3O7S2. The van der Waals surface area contributed by atoms with Gasteiger partial charge in [-0.3, -0.25) is 24.5 Å². The van der Waals surface area contributed by atoms with E-state index in [9.17, 15) is 24.5 Å². The third-order valence-electron chi connectivity index (χ3n) is 6.26. The molecule has 0 radical (unpaired) electrons. The molecule has 1 saturated heterocycles. The van der Waals surface area contributed by atoms with Crippen LogP contribution in [0.4, 0.5) is 11.4 Å². The lowest BCUT2D eigenvalue weighted by molar-refractivity contribution is -0.384. The van der Waals surface area contributed by atoms with E-state index in [0.717, 1.165) is 16.2 Å². The minimum absolute atomic E-state index is 0.140. The molecule has 192 valence electrons. The molecule has 0 spiro atoms. The van der Waals surface area contributed by atoms with Gasteiger partial charge in [0.25, 0.3) is 5.69 Å². The van der Waals surface area contributed by atoms with Gasteiger partial charge < -0.3 is 14.5 Å².